The van der Waals surface area contributed by atoms with E-state index in [2.05, 4.69) is 15.6 Å². The van der Waals surface area contributed by atoms with Gasteiger partial charge in [-0.15, -0.1) is 0 Å². The fraction of sp³-hybridized carbons (Fsp3) is 0.160. The van der Waals surface area contributed by atoms with Crippen molar-refractivity contribution in [3.05, 3.63) is 60.3 Å². The number of anilines is 2. The van der Waals surface area contributed by atoms with Crippen LogP contribution in [0.15, 0.2) is 59.2 Å². The van der Waals surface area contributed by atoms with E-state index in [1.54, 1.807) is 20.1 Å². The molecule has 10 nitrogen and oxygen atoms in total. The zero-order valence-electron chi connectivity index (χ0n) is 18.9. The van der Waals surface area contributed by atoms with Crippen LogP contribution in [-0.2, 0) is 4.74 Å². The Balaban J connectivity index is 1.64. The maximum Gasteiger partial charge on any atom is 0.357 e. The quantitative estimate of drug-likeness (QED) is 0.348. The lowest BCUT2D eigenvalue weighted by atomic mass is 10.2. The van der Waals surface area contributed by atoms with E-state index in [1.165, 1.54) is 0 Å². The van der Waals surface area contributed by atoms with E-state index in [1.807, 2.05) is 53.1 Å². The van der Waals surface area contributed by atoms with Gasteiger partial charge in [0.25, 0.3) is 0 Å². The summed E-state index contributed by atoms with van der Waals surface area (Å²) >= 11 is 0. The SMILES string of the molecule is CCOC(=O)c1c(Nc2cccc3nonc23)c2ccc(OC)cc2n1-c1ccc2c(c1)OCO2. The topological polar surface area (TPSA) is 110 Å². The molecule has 0 fully saturated rings. The number of carbonyl (C=O) groups excluding carboxylic acids is 1. The molecule has 176 valence electrons. The monoisotopic (exact) mass is 472 g/mol. The van der Waals surface area contributed by atoms with E-state index in [0.29, 0.717) is 51.0 Å². The van der Waals surface area contributed by atoms with Gasteiger partial charge >= 0.3 is 5.97 Å². The summed E-state index contributed by atoms with van der Waals surface area (Å²) in [6.07, 6.45) is 0. The number of benzene rings is 3. The summed E-state index contributed by atoms with van der Waals surface area (Å²) in [7, 11) is 1.60. The van der Waals surface area contributed by atoms with Crippen LogP contribution in [0.3, 0.4) is 0 Å². The summed E-state index contributed by atoms with van der Waals surface area (Å²) in [5.74, 6) is 1.38. The van der Waals surface area contributed by atoms with Gasteiger partial charge in [-0.1, -0.05) is 6.07 Å². The van der Waals surface area contributed by atoms with E-state index in [0.717, 1.165) is 10.9 Å². The second kappa shape index (κ2) is 8.24. The van der Waals surface area contributed by atoms with Crippen LogP contribution in [0.25, 0.3) is 27.6 Å². The summed E-state index contributed by atoms with van der Waals surface area (Å²) in [6, 6.07) is 16.6. The van der Waals surface area contributed by atoms with Crippen LogP contribution in [-0.4, -0.2) is 41.4 Å². The molecule has 6 rings (SSSR count). The minimum absolute atomic E-state index is 0.145. The Kier molecular flexibility index (Phi) is 4.91. The minimum atomic E-state index is -0.492. The van der Waals surface area contributed by atoms with E-state index in [-0.39, 0.29) is 13.4 Å². The molecule has 0 spiro atoms. The van der Waals surface area contributed by atoms with Gasteiger partial charge in [0.2, 0.25) is 6.79 Å². The first kappa shape index (κ1) is 20.8. The largest absolute Gasteiger partial charge is 0.497 e. The molecule has 5 aromatic rings. The number of rotatable bonds is 6. The van der Waals surface area contributed by atoms with Crippen LogP contribution < -0.4 is 19.5 Å². The molecule has 0 aliphatic carbocycles. The fourth-order valence-corrected chi connectivity index (χ4v) is 4.25. The van der Waals surface area contributed by atoms with Gasteiger partial charge in [-0.3, -0.25) is 0 Å². The minimum Gasteiger partial charge on any atom is -0.497 e. The Hall–Kier alpha value is -4.73. The third-order valence-electron chi connectivity index (χ3n) is 5.80. The molecular weight excluding hydrogens is 452 g/mol. The van der Waals surface area contributed by atoms with Gasteiger partial charge < -0.3 is 28.8 Å². The lowest BCUT2D eigenvalue weighted by molar-refractivity contribution is 0.0518. The lowest BCUT2D eigenvalue weighted by Gasteiger charge is -2.13. The Labute approximate surface area is 198 Å². The fourth-order valence-electron chi connectivity index (χ4n) is 4.25. The van der Waals surface area contributed by atoms with E-state index < -0.39 is 5.97 Å². The van der Waals surface area contributed by atoms with Crippen LogP contribution in [0, 0.1) is 0 Å². The number of nitrogens with one attached hydrogen (secondary N) is 1. The number of aromatic nitrogens is 3. The number of ether oxygens (including phenoxy) is 4. The molecular formula is C25H20N4O6. The Morgan fingerprint density at radius 1 is 1.09 bits per heavy atom. The van der Waals surface area contributed by atoms with Gasteiger partial charge in [0.05, 0.1) is 36.3 Å². The van der Waals surface area contributed by atoms with E-state index >= 15 is 0 Å². The summed E-state index contributed by atoms with van der Waals surface area (Å²) in [5.41, 5.74) is 4.06. The number of nitrogens with zero attached hydrogens (tertiary/aromatic N) is 3. The predicted molar refractivity (Wildman–Crippen MR) is 127 cm³/mol. The third kappa shape index (κ3) is 3.38. The predicted octanol–water partition coefficient (Wildman–Crippen LogP) is 4.82. The zero-order chi connectivity index (χ0) is 23.9. The van der Waals surface area contributed by atoms with Gasteiger partial charge in [0.1, 0.15) is 11.3 Å². The van der Waals surface area contributed by atoms with Crippen LogP contribution in [0.4, 0.5) is 11.4 Å². The number of esters is 1. The molecule has 3 aromatic carbocycles. The van der Waals surface area contributed by atoms with Crippen molar-refractivity contribution in [2.45, 2.75) is 6.92 Å². The molecule has 3 heterocycles. The average Bonchev–Trinajstić information content (AvgIpc) is 3.61. The summed E-state index contributed by atoms with van der Waals surface area (Å²) in [5, 5.41) is 12.1. The van der Waals surface area contributed by atoms with Crippen molar-refractivity contribution in [3.8, 4) is 22.9 Å². The smallest absolute Gasteiger partial charge is 0.357 e. The molecule has 1 aliphatic rings. The molecule has 10 heteroatoms. The molecule has 1 aliphatic heterocycles. The summed E-state index contributed by atoms with van der Waals surface area (Å²) in [4.78, 5) is 13.4. The van der Waals surface area contributed by atoms with Crippen molar-refractivity contribution in [3.63, 3.8) is 0 Å². The average molecular weight is 472 g/mol. The van der Waals surface area contributed by atoms with Crippen LogP contribution >= 0.6 is 0 Å². The highest BCUT2D eigenvalue weighted by Gasteiger charge is 2.27. The molecule has 0 atom stereocenters. The first-order valence-corrected chi connectivity index (χ1v) is 11.0. The molecule has 0 bridgehead atoms. The van der Waals surface area contributed by atoms with Crippen molar-refractivity contribution in [1.82, 2.24) is 14.9 Å². The van der Waals surface area contributed by atoms with Crippen LogP contribution in [0.2, 0.25) is 0 Å². The maximum absolute atomic E-state index is 13.4. The third-order valence-corrected chi connectivity index (χ3v) is 5.80. The number of hydrogen-bond acceptors (Lipinski definition) is 9. The first-order chi connectivity index (χ1) is 17.2. The summed E-state index contributed by atoms with van der Waals surface area (Å²) < 4.78 is 28.8. The van der Waals surface area contributed by atoms with Crippen LogP contribution in [0.5, 0.6) is 17.2 Å². The highest BCUT2D eigenvalue weighted by atomic mass is 16.7. The molecule has 0 amide bonds. The van der Waals surface area contributed by atoms with Crippen molar-refractivity contribution >= 4 is 39.3 Å². The highest BCUT2D eigenvalue weighted by molar-refractivity contribution is 6.10. The highest BCUT2D eigenvalue weighted by Crippen LogP contribution is 2.41. The van der Waals surface area contributed by atoms with E-state index in [9.17, 15) is 4.79 Å². The standard InChI is InChI=1S/C25H20N4O6/c1-3-32-25(30)24-22(26-17-5-4-6-18-23(17)28-35-27-18)16-9-8-15(31-2)12-19(16)29(24)14-7-10-20-21(11-14)34-13-33-20/h4-12,26H,3,13H2,1-2H3. The van der Waals surface area contributed by atoms with Crippen molar-refractivity contribution in [2.75, 3.05) is 25.8 Å². The van der Waals surface area contributed by atoms with Gasteiger partial charge in [0.15, 0.2) is 22.7 Å². The number of carbonyl (C=O) groups is 1. The normalized spacial score (nSPS) is 12.3. The zero-order valence-corrected chi connectivity index (χ0v) is 18.9. The number of fused-ring (bicyclic) bond motifs is 3. The lowest BCUT2D eigenvalue weighted by Crippen LogP contribution is -2.13. The van der Waals surface area contributed by atoms with Gasteiger partial charge in [-0.2, -0.15) is 0 Å². The van der Waals surface area contributed by atoms with Gasteiger partial charge in [-0.25, -0.2) is 9.42 Å². The Bertz CT molecular complexity index is 1590. The molecule has 0 saturated carbocycles. The summed E-state index contributed by atoms with van der Waals surface area (Å²) in [6.45, 7) is 2.13. The van der Waals surface area contributed by atoms with E-state index in [4.69, 9.17) is 23.6 Å². The first-order valence-electron chi connectivity index (χ1n) is 11.0. The van der Waals surface area contributed by atoms with Crippen LogP contribution in [0.1, 0.15) is 17.4 Å². The molecule has 35 heavy (non-hydrogen) atoms. The number of hydrogen-bond donors (Lipinski definition) is 1. The molecule has 0 radical (unpaired) electrons. The molecule has 0 unspecified atom stereocenters. The van der Waals surface area contributed by atoms with Crippen molar-refractivity contribution in [1.29, 1.82) is 0 Å². The molecule has 0 saturated heterocycles. The Morgan fingerprint density at radius 3 is 2.83 bits per heavy atom. The van der Waals surface area contributed by atoms with Gasteiger partial charge in [0, 0.05) is 17.5 Å². The second-order valence-corrected chi connectivity index (χ2v) is 7.76. The number of methoxy groups -OCH3 is 1. The van der Waals surface area contributed by atoms with Crippen molar-refractivity contribution in [2.24, 2.45) is 0 Å². The Morgan fingerprint density at radius 2 is 1.97 bits per heavy atom. The maximum atomic E-state index is 13.4. The second-order valence-electron chi connectivity index (χ2n) is 7.76. The molecule has 1 N–H and O–H groups in total. The van der Waals surface area contributed by atoms with Gasteiger partial charge in [-0.05, 0) is 53.6 Å². The molecule has 2 aromatic heterocycles. The van der Waals surface area contributed by atoms with Crippen molar-refractivity contribution < 1.29 is 28.4 Å².